The number of nitrogens with one attached hydrogen (secondary N) is 1. The normalized spacial score (nSPS) is 18.3. The lowest BCUT2D eigenvalue weighted by Gasteiger charge is -2.35. The van der Waals surface area contributed by atoms with Crippen LogP contribution in [0.5, 0.6) is 5.75 Å². The summed E-state index contributed by atoms with van der Waals surface area (Å²) in [5.41, 5.74) is 2.69. The van der Waals surface area contributed by atoms with Crippen LogP contribution in [0.1, 0.15) is 34.8 Å². The van der Waals surface area contributed by atoms with Gasteiger partial charge in [0, 0.05) is 31.1 Å². The minimum atomic E-state index is -0.896. The summed E-state index contributed by atoms with van der Waals surface area (Å²) in [7, 11) is 0. The van der Waals surface area contributed by atoms with E-state index in [2.05, 4.69) is 17.4 Å². The molecule has 1 aliphatic heterocycles. The smallest absolute Gasteiger partial charge is 0.190 e. The number of nitrogens with zero attached hydrogens (tertiary/aromatic N) is 1. The Morgan fingerprint density at radius 2 is 1.88 bits per heavy atom. The molecule has 1 fully saturated rings. The van der Waals surface area contributed by atoms with Crippen molar-refractivity contribution < 1.29 is 23.0 Å². The van der Waals surface area contributed by atoms with Gasteiger partial charge in [-0.15, -0.1) is 0 Å². The summed E-state index contributed by atoms with van der Waals surface area (Å²) in [6, 6.07) is 10.7. The summed E-state index contributed by atoms with van der Waals surface area (Å²) in [6.45, 7) is 3.15. The van der Waals surface area contributed by atoms with Crippen LogP contribution in [-0.4, -0.2) is 54.2 Å². The quantitative estimate of drug-likeness (QED) is 0.524. The molecule has 0 radical (unpaired) electrons. The van der Waals surface area contributed by atoms with Gasteiger partial charge in [0.1, 0.15) is 12.7 Å². The SMILES string of the molecule is CCC(=O)c1cc(F)c(OCC2CN(C(=S)NC3Cc4ccccc4C3)CCO2)c(F)c1. The minimum Gasteiger partial charge on any atom is -0.485 e. The Kier molecular flexibility index (Phi) is 7.01. The summed E-state index contributed by atoms with van der Waals surface area (Å²) < 4.78 is 39.7. The second kappa shape index (κ2) is 9.92. The van der Waals surface area contributed by atoms with Gasteiger partial charge in [0.25, 0.3) is 0 Å². The van der Waals surface area contributed by atoms with Gasteiger partial charge in [-0.3, -0.25) is 4.79 Å². The fraction of sp³-hybridized carbons (Fsp3) is 0.417. The highest BCUT2D eigenvalue weighted by atomic mass is 32.1. The Balaban J connectivity index is 1.31. The van der Waals surface area contributed by atoms with Crippen molar-refractivity contribution in [2.45, 2.75) is 38.3 Å². The molecule has 32 heavy (non-hydrogen) atoms. The zero-order valence-corrected chi connectivity index (χ0v) is 18.7. The Labute approximate surface area is 191 Å². The number of Topliss-reactive ketones (excluding diaryl/α,β-unsaturated/α-hetero) is 1. The molecule has 0 aromatic heterocycles. The number of ketones is 1. The maximum Gasteiger partial charge on any atom is 0.190 e. The molecule has 2 aromatic rings. The number of carbonyl (C=O) groups excluding carboxylic acids is 1. The lowest BCUT2D eigenvalue weighted by molar-refractivity contribution is -0.0300. The van der Waals surface area contributed by atoms with Crippen molar-refractivity contribution in [2.24, 2.45) is 0 Å². The first-order chi connectivity index (χ1) is 15.4. The van der Waals surface area contributed by atoms with Gasteiger partial charge in [-0.2, -0.15) is 0 Å². The molecule has 1 unspecified atom stereocenters. The molecule has 1 saturated heterocycles. The lowest BCUT2D eigenvalue weighted by Crippen LogP contribution is -2.53. The van der Waals surface area contributed by atoms with Crippen LogP contribution in [-0.2, 0) is 17.6 Å². The standard InChI is InChI=1S/C24H26F2N2O3S/c1-2-22(29)17-11-20(25)23(21(26)12-17)31-14-19-13-28(7-8-30-19)24(32)27-18-9-15-5-3-4-6-16(15)10-18/h3-6,11-12,18-19H,2,7-10,13-14H2,1H3,(H,27,32). The van der Waals surface area contributed by atoms with E-state index in [4.69, 9.17) is 21.7 Å². The Morgan fingerprint density at radius 3 is 2.50 bits per heavy atom. The van der Waals surface area contributed by atoms with Gasteiger partial charge >= 0.3 is 0 Å². The van der Waals surface area contributed by atoms with Crippen LogP contribution in [0, 0.1) is 11.6 Å². The highest BCUT2D eigenvalue weighted by Crippen LogP contribution is 2.25. The second-order valence-electron chi connectivity index (χ2n) is 8.12. The van der Waals surface area contributed by atoms with E-state index in [0.29, 0.717) is 24.8 Å². The first kappa shape index (κ1) is 22.6. The number of hydrogen-bond donors (Lipinski definition) is 1. The van der Waals surface area contributed by atoms with Crippen molar-refractivity contribution in [1.82, 2.24) is 10.2 Å². The summed E-state index contributed by atoms with van der Waals surface area (Å²) in [4.78, 5) is 13.7. The highest BCUT2D eigenvalue weighted by molar-refractivity contribution is 7.80. The molecule has 0 bridgehead atoms. The van der Waals surface area contributed by atoms with Crippen LogP contribution in [0.3, 0.4) is 0 Å². The Morgan fingerprint density at radius 1 is 1.22 bits per heavy atom. The number of halogens is 2. The van der Waals surface area contributed by atoms with Crippen LogP contribution in [0.2, 0.25) is 0 Å². The molecule has 1 heterocycles. The molecule has 1 aliphatic carbocycles. The summed E-state index contributed by atoms with van der Waals surface area (Å²) in [6.07, 6.45) is 1.65. The molecule has 0 spiro atoms. The van der Waals surface area contributed by atoms with Crippen molar-refractivity contribution in [1.29, 1.82) is 0 Å². The van der Waals surface area contributed by atoms with E-state index in [-0.39, 0.29) is 36.5 Å². The molecular weight excluding hydrogens is 434 g/mol. The summed E-state index contributed by atoms with van der Waals surface area (Å²) in [5.74, 6) is -2.62. The Bertz CT molecular complexity index is 968. The molecule has 2 aliphatic rings. The zero-order valence-electron chi connectivity index (χ0n) is 17.9. The second-order valence-corrected chi connectivity index (χ2v) is 8.51. The van der Waals surface area contributed by atoms with Gasteiger partial charge in [-0.1, -0.05) is 31.2 Å². The van der Waals surface area contributed by atoms with E-state index in [9.17, 15) is 13.6 Å². The van der Waals surface area contributed by atoms with E-state index in [1.165, 1.54) is 11.1 Å². The number of fused-ring (bicyclic) bond motifs is 1. The molecule has 8 heteroatoms. The number of ether oxygens (including phenoxy) is 2. The van der Waals surface area contributed by atoms with Gasteiger partial charge in [0.15, 0.2) is 28.3 Å². The minimum absolute atomic E-state index is 0.000396. The van der Waals surface area contributed by atoms with Crippen LogP contribution >= 0.6 is 12.2 Å². The maximum atomic E-state index is 14.3. The number of morpholine rings is 1. The topological polar surface area (TPSA) is 50.8 Å². The molecule has 4 rings (SSSR count). The van der Waals surface area contributed by atoms with Crippen LogP contribution in [0.4, 0.5) is 8.78 Å². The number of benzene rings is 2. The third-order valence-electron chi connectivity index (χ3n) is 5.86. The monoisotopic (exact) mass is 460 g/mol. The van der Waals surface area contributed by atoms with Gasteiger partial charge < -0.3 is 19.7 Å². The number of carbonyl (C=O) groups is 1. The van der Waals surface area contributed by atoms with Gasteiger partial charge in [-0.25, -0.2) is 8.78 Å². The molecule has 5 nitrogen and oxygen atoms in total. The van der Waals surface area contributed by atoms with Crippen molar-refractivity contribution in [3.05, 3.63) is 64.7 Å². The first-order valence-corrected chi connectivity index (χ1v) is 11.2. The van der Waals surface area contributed by atoms with E-state index in [0.717, 1.165) is 25.0 Å². The van der Waals surface area contributed by atoms with E-state index in [1.54, 1.807) is 6.92 Å². The molecule has 1 N–H and O–H groups in total. The number of thiocarbonyl (C=S) groups is 1. The van der Waals surface area contributed by atoms with E-state index >= 15 is 0 Å². The van der Waals surface area contributed by atoms with Crippen LogP contribution in [0.25, 0.3) is 0 Å². The lowest BCUT2D eigenvalue weighted by atomic mass is 10.1. The molecule has 170 valence electrons. The largest absolute Gasteiger partial charge is 0.485 e. The van der Waals surface area contributed by atoms with Crippen LogP contribution in [0.15, 0.2) is 36.4 Å². The predicted octanol–water partition coefficient (Wildman–Crippen LogP) is 3.68. The van der Waals surface area contributed by atoms with E-state index < -0.39 is 17.4 Å². The maximum absolute atomic E-state index is 14.3. The van der Waals surface area contributed by atoms with Gasteiger partial charge in [0.05, 0.1) is 6.61 Å². The first-order valence-electron chi connectivity index (χ1n) is 10.8. The summed E-state index contributed by atoms with van der Waals surface area (Å²) >= 11 is 5.61. The molecule has 2 aromatic carbocycles. The fourth-order valence-electron chi connectivity index (χ4n) is 4.17. The summed E-state index contributed by atoms with van der Waals surface area (Å²) in [5, 5.41) is 4.09. The third-order valence-corrected chi connectivity index (χ3v) is 6.24. The average Bonchev–Trinajstić information content (AvgIpc) is 3.20. The molecular formula is C24H26F2N2O3S. The van der Waals surface area contributed by atoms with Crippen LogP contribution < -0.4 is 10.1 Å². The zero-order chi connectivity index (χ0) is 22.7. The highest BCUT2D eigenvalue weighted by Gasteiger charge is 2.27. The molecule has 0 amide bonds. The number of hydrogen-bond acceptors (Lipinski definition) is 4. The predicted molar refractivity (Wildman–Crippen MR) is 121 cm³/mol. The molecule has 0 saturated carbocycles. The van der Waals surface area contributed by atoms with E-state index in [1.807, 2.05) is 17.0 Å². The average molecular weight is 461 g/mol. The van der Waals surface area contributed by atoms with Crippen molar-refractivity contribution in [2.75, 3.05) is 26.3 Å². The fourth-order valence-corrected chi connectivity index (χ4v) is 4.50. The third kappa shape index (κ3) is 5.07. The van der Waals surface area contributed by atoms with Crippen molar-refractivity contribution >= 4 is 23.1 Å². The molecule has 1 atom stereocenters. The number of rotatable bonds is 6. The van der Waals surface area contributed by atoms with Gasteiger partial charge in [-0.05, 0) is 48.3 Å². The van der Waals surface area contributed by atoms with Crippen molar-refractivity contribution in [3.63, 3.8) is 0 Å². The van der Waals surface area contributed by atoms with Crippen molar-refractivity contribution in [3.8, 4) is 5.75 Å². The Hall–Kier alpha value is -2.58. The van der Waals surface area contributed by atoms with Gasteiger partial charge in [0.2, 0.25) is 0 Å².